The van der Waals surface area contributed by atoms with Gasteiger partial charge < -0.3 is 5.32 Å². The van der Waals surface area contributed by atoms with E-state index in [1.54, 1.807) is 0 Å². The third kappa shape index (κ3) is 2.73. The SMILES string of the molecule is Cl.Clc1ccc(CNC23CC4CC(CC(C4)C2)C3)cc1. The van der Waals surface area contributed by atoms with Gasteiger partial charge in [-0.2, -0.15) is 0 Å². The first kappa shape index (κ1) is 14.7. The van der Waals surface area contributed by atoms with Gasteiger partial charge in [0.15, 0.2) is 0 Å². The molecule has 0 aromatic heterocycles. The summed E-state index contributed by atoms with van der Waals surface area (Å²) in [6.45, 7) is 1.00. The van der Waals surface area contributed by atoms with Crippen molar-refractivity contribution in [2.45, 2.75) is 50.6 Å². The van der Waals surface area contributed by atoms with Crippen LogP contribution in [0.4, 0.5) is 0 Å². The van der Waals surface area contributed by atoms with Crippen molar-refractivity contribution in [3.63, 3.8) is 0 Å². The third-order valence-electron chi connectivity index (χ3n) is 5.62. The molecule has 0 saturated heterocycles. The average Bonchev–Trinajstić information content (AvgIpc) is 2.36. The molecule has 0 amide bonds. The Balaban J connectivity index is 0.00000121. The summed E-state index contributed by atoms with van der Waals surface area (Å²) < 4.78 is 0. The van der Waals surface area contributed by atoms with Crippen LogP contribution in [0.15, 0.2) is 24.3 Å². The average molecular weight is 312 g/mol. The quantitative estimate of drug-likeness (QED) is 0.844. The fraction of sp³-hybridized carbons (Fsp3) is 0.647. The van der Waals surface area contributed by atoms with E-state index in [0.29, 0.717) is 5.54 Å². The van der Waals surface area contributed by atoms with Crippen LogP contribution in [0, 0.1) is 17.8 Å². The highest BCUT2D eigenvalue weighted by atomic mass is 35.5. The minimum Gasteiger partial charge on any atom is -0.307 e. The lowest BCUT2D eigenvalue weighted by Crippen LogP contribution is -2.58. The molecule has 0 aliphatic heterocycles. The van der Waals surface area contributed by atoms with Crippen LogP contribution in [0.1, 0.15) is 44.1 Å². The molecule has 4 aliphatic carbocycles. The van der Waals surface area contributed by atoms with Gasteiger partial charge in [0.05, 0.1) is 0 Å². The molecule has 110 valence electrons. The van der Waals surface area contributed by atoms with Crippen molar-refractivity contribution < 1.29 is 0 Å². The third-order valence-corrected chi connectivity index (χ3v) is 5.87. The second kappa shape index (κ2) is 5.51. The molecule has 0 unspecified atom stereocenters. The van der Waals surface area contributed by atoms with Crippen molar-refractivity contribution in [1.82, 2.24) is 5.32 Å². The van der Waals surface area contributed by atoms with E-state index in [0.717, 1.165) is 29.3 Å². The number of halogens is 2. The van der Waals surface area contributed by atoms with Crippen LogP contribution < -0.4 is 5.32 Å². The highest BCUT2D eigenvalue weighted by Gasteiger charge is 2.50. The molecule has 4 saturated carbocycles. The largest absolute Gasteiger partial charge is 0.307 e. The summed E-state index contributed by atoms with van der Waals surface area (Å²) in [7, 11) is 0. The van der Waals surface area contributed by atoms with Gasteiger partial charge in [-0.25, -0.2) is 0 Å². The molecule has 1 aromatic carbocycles. The van der Waals surface area contributed by atoms with E-state index in [2.05, 4.69) is 17.4 Å². The summed E-state index contributed by atoms with van der Waals surface area (Å²) in [5, 5.41) is 4.75. The Morgan fingerprint density at radius 1 is 0.950 bits per heavy atom. The first-order chi connectivity index (χ1) is 9.21. The number of benzene rings is 1. The molecule has 4 fully saturated rings. The molecule has 20 heavy (non-hydrogen) atoms. The molecule has 5 rings (SSSR count). The molecule has 0 atom stereocenters. The number of rotatable bonds is 3. The normalized spacial score (nSPS) is 37.8. The molecule has 1 aromatic rings. The van der Waals surface area contributed by atoms with Crippen molar-refractivity contribution >= 4 is 24.0 Å². The van der Waals surface area contributed by atoms with Gasteiger partial charge in [-0.05, 0) is 74.0 Å². The summed E-state index contributed by atoms with van der Waals surface area (Å²) in [6.07, 6.45) is 8.82. The zero-order valence-corrected chi connectivity index (χ0v) is 13.3. The van der Waals surface area contributed by atoms with Gasteiger partial charge in [0.1, 0.15) is 0 Å². The van der Waals surface area contributed by atoms with E-state index >= 15 is 0 Å². The minimum atomic E-state index is 0. The summed E-state index contributed by atoms with van der Waals surface area (Å²) in [6, 6.07) is 8.29. The van der Waals surface area contributed by atoms with Crippen molar-refractivity contribution in [1.29, 1.82) is 0 Å². The van der Waals surface area contributed by atoms with E-state index in [9.17, 15) is 0 Å². The maximum absolute atomic E-state index is 5.95. The first-order valence-corrected chi connectivity index (χ1v) is 8.08. The van der Waals surface area contributed by atoms with E-state index < -0.39 is 0 Å². The molecule has 1 N–H and O–H groups in total. The van der Waals surface area contributed by atoms with E-state index in [1.165, 1.54) is 44.1 Å². The molecule has 3 heteroatoms. The summed E-state index contributed by atoms with van der Waals surface area (Å²) >= 11 is 5.95. The van der Waals surface area contributed by atoms with E-state index in [1.807, 2.05) is 12.1 Å². The summed E-state index contributed by atoms with van der Waals surface area (Å²) in [5.74, 6) is 3.05. The van der Waals surface area contributed by atoms with Crippen molar-refractivity contribution in [3.8, 4) is 0 Å². The predicted molar refractivity (Wildman–Crippen MR) is 86.4 cm³/mol. The standard InChI is InChI=1S/C17H22ClN.ClH/c18-16-3-1-12(2-4-16)11-19-17-8-13-5-14(9-17)7-15(6-13)10-17;/h1-4,13-15,19H,5-11H2;1H. The Morgan fingerprint density at radius 2 is 1.45 bits per heavy atom. The second-order valence-corrected chi connectivity index (χ2v) is 7.61. The zero-order chi connectivity index (χ0) is 12.9. The lowest BCUT2D eigenvalue weighted by atomic mass is 9.53. The molecular weight excluding hydrogens is 289 g/mol. The fourth-order valence-electron chi connectivity index (χ4n) is 5.22. The van der Waals surface area contributed by atoms with E-state index in [4.69, 9.17) is 11.6 Å². The smallest absolute Gasteiger partial charge is 0.0406 e. The fourth-order valence-corrected chi connectivity index (χ4v) is 5.34. The van der Waals surface area contributed by atoms with E-state index in [-0.39, 0.29) is 12.4 Å². The van der Waals surface area contributed by atoms with Crippen LogP contribution in [0.2, 0.25) is 5.02 Å². The maximum Gasteiger partial charge on any atom is 0.0406 e. The van der Waals surface area contributed by atoms with Gasteiger partial charge in [-0.3, -0.25) is 0 Å². The molecular formula is C17H23Cl2N. The molecule has 0 radical (unpaired) electrons. The zero-order valence-electron chi connectivity index (χ0n) is 11.8. The van der Waals surface area contributed by atoms with Gasteiger partial charge in [-0.15, -0.1) is 12.4 Å². The van der Waals surface area contributed by atoms with Gasteiger partial charge in [-0.1, -0.05) is 23.7 Å². The number of hydrogen-bond acceptors (Lipinski definition) is 1. The van der Waals surface area contributed by atoms with Crippen molar-refractivity contribution in [3.05, 3.63) is 34.9 Å². The number of nitrogens with one attached hydrogen (secondary N) is 1. The topological polar surface area (TPSA) is 12.0 Å². The minimum absolute atomic E-state index is 0. The Labute approximate surface area is 132 Å². The highest BCUT2D eigenvalue weighted by molar-refractivity contribution is 6.30. The van der Waals surface area contributed by atoms with Gasteiger partial charge in [0, 0.05) is 17.1 Å². The summed E-state index contributed by atoms with van der Waals surface area (Å²) in [4.78, 5) is 0. The van der Waals surface area contributed by atoms with Crippen molar-refractivity contribution in [2.75, 3.05) is 0 Å². The molecule has 1 nitrogen and oxygen atoms in total. The predicted octanol–water partition coefficient (Wildman–Crippen LogP) is 4.82. The Morgan fingerprint density at radius 3 is 1.95 bits per heavy atom. The number of hydrogen-bond donors (Lipinski definition) is 1. The van der Waals surface area contributed by atoms with Crippen LogP contribution >= 0.6 is 24.0 Å². The second-order valence-electron chi connectivity index (χ2n) is 7.18. The Kier molecular flexibility index (Phi) is 4.05. The molecule has 4 aliphatic rings. The van der Waals surface area contributed by atoms with Gasteiger partial charge in [0.25, 0.3) is 0 Å². The molecule has 0 spiro atoms. The lowest BCUT2D eigenvalue weighted by Gasteiger charge is -2.57. The van der Waals surface area contributed by atoms with Crippen LogP contribution in [0.5, 0.6) is 0 Å². The summed E-state index contributed by atoms with van der Waals surface area (Å²) in [5.41, 5.74) is 1.83. The van der Waals surface area contributed by atoms with Crippen LogP contribution in [0.3, 0.4) is 0 Å². The Bertz CT molecular complexity index is 433. The van der Waals surface area contributed by atoms with Crippen LogP contribution in [0.25, 0.3) is 0 Å². The molecule has 0 heterocycles. The molecule has 4 bridgehead atoms. The Hall–Kier alpha value is -0.240. The highest BCUT2D eigenvalue weighted by Crippen LogP contribution is 2.55. The maximum atomic E-state index is 5.95. The lowest BCUT2D eigenvalue weighted by molar-refractivity contribution is -0.0206. The van der Waals surface area contributed by atoms with Gasteiger partial charge >= 0.3 is 0 Å². The van der Waals surface area contributed by atoms with Crippen LogP contribution in [-0.4, -0.2) is 5.54 Å². The van der Waals surface area contributed by atoms with Crippen molar-refractivity contribution in [2.24, 2.45) is 17.8 Å². The first-order valence-electron chi connectivity index (χ1n) is 7.70. The van der Waals surface area contributed by atoms with Crippen LogP contribution in [-0.2, 0) is 6.54 Å². The monoisotopic (exact) mass is 311 g/mol. The van der Waals surface area contributed by atoms with Gasteiger partial charge in [0.2, 0.25) is 0 Å².